The summed E-state index contributed by atoms with van der Waals surface area (Å²) in [7, 11) is 0. The molecule has 0 bridgehead atoms. The lowest BCUT2D eigenvalue weighted by atomic mass is 10.2. The number of anilines is 1. The van der Waals surface area contributed by atoms with Gasteiger partial charge in [0.1, 0.15) is 11.6 Å². The molecule has 0 aliphatic heterocycles. The molecular formula is C13H18N6O5. The van der Waals surface area contributed by atoms with Crippen molar-refractivity contribution in [3.05, 3.63) is 16.7 Å². The fourth-order valence-electron chi connectivity index (χ4n) is 1.94. The summed E-state index contributed by atoms with van der Waals surface area (Å²) in [4.78, 5) is 44.9. The average Bonchev–Trinajstić information content (AvgIpc) is 2.79. The highest BCUT2D eigenvalue weighted by Crippen LogP contribution is 2.09. The van der Waals surface area contributed by atoms with Crippen LogP contribution < -0.4 is 16.6 Å². The molecule has 5 N–H and O–H groups in total. The first-order valence-electron chi connectivity index (χ1n) is 7.00. The van der Waals surface area contributed by atoms with Crippen molar-refractivity contribution in [2.75, 3.05) is 5.73 Å². The summed E-state index contributed by atoms with van der Waals surface area (Å²) in [5.74, 6) is -1.40. The number of fused-ring (bicyclic) bond motifs is 1. The number of ether oxygens (including phenoxy) is 1. The van der Waals surface area contributed by atoms with E-state index in [0.29, 0.717) is 0 Å². The third-order valence-corrected chi connectivity index (χ3v) is 2.86. The monoisotopic (exact) mass is 338 g/mol. The summed E-state index contributed by atoms with van der Waals surface area (Å²) >= 11 is 0. The molecule has 0 saturated heterocycles. The van der Waals surface area contributed by atoms with E-state index < -0.39 is 29.3 Å². The molecule has 2 aromatic rings. The van der Waals surface area contributed by atoms with Crippen molar-refractivity contribution in [1.82, 2.24) is 24.8 Å². The Morgan fingerprint density at radius 1 is 1.50 bits per heavy atom. The van der Waals surface area contributed by atoms with Crippen molar-refractivity contribution in [3.8, 4) is 0 Å². The van der Waals surface area contributed by atoms with Gasteiger partial charge in [0.2, 0.25) is 5.95 Å². The van der Waals surface area contributed by atoms with Gasteiger partial charge in [-0.1, -0.05) is 0 Å². The second-order valence-electron chi connectivity index (χ2n) is 6.06. The zero-order valence-corrected chi connectivity index (χ0v) is 13.4. The van der Waals surface area contributed by atoms with Crippen molar-refractivity contribution >= 4 is 29.2 Å². The summed E-state index contributed by atoms with van der Waals surface area (Å²) in [6.07, 6.45) is 0.378. The third kappa shape index (κ3) is 4.00. The summed E-state index contributed by atoms with van der Waals surface area (Å²) in [6.45, 7) is 4.76. The number of hydrogen-bond acceptors (Lipinski definition) is 7. The van der Waals surface area contributed by atoms with Gasteiger partial charge in [-0.25, -0.2) is 14.6 Å². The molecular weight excluding hydrogens is 320 g/mol. The van der Waals surface area contributed by atoms with E-state index in [0.717, 1.165) is 0 Å². The van der Waals surface area contributed by atoms with Gasteiger partial charge in [0.05, 0.1) is 12.9 Å². The molecule has 1 amide bonds. The van der Waals surface area contributed by atoms with Gasteiger partial charge in [-0.2, -0.15) is 4.98 Å². The van der Waals surface area contributed by atoms with Gasteiger partial charge in [0.25, 0.3) is 5.56 Å². The first kappa shape index (κ1) is 17.2. The normalized spacial score (nSPS) is 12.8. The SMILES string of the molecule is CC(C)(C)OC(=O)N[C@@H](Cn1cnc2c(=O)[nH]c(N)nc21)C(=O)O. The topological polar surface area (TPSA) is 165 Å². The number of carboxylic acids is 1. The second kappa shape index (κ2) is 6.18. The van der Waals surface area contributed by atoms with Crippen LogP contribution in [-0.4, -0.2) is 48.3 Å². The van der Waals surface area contributed by atoms with Gasteiger partial charge < -0.3 is 25.5 Å². The van der Waals surface area contributed by atoms with Crippen molar-refractivity contribution < 1.29 is 19.4 Å². The van der Waals surface area contributed by atoms with Crippen LogP contribution in [0.3, 0.4) is 0 Å². The fraction of sp³-hybridized carbons (Fsp3) is 0.462. The lowest BCUT2D eigenvalue weighted by Crippen LogP contribution is -2.45. The number of rotatable bonds is 4. The number of alkyl carbamates (subject to hydrolysis) is 1. The van der Waals surface area contributed by atoms with Crippen LogP contribution >= 0.6 is 0 Å². The Hall–Kier alpha value is -3.11. The molecule has 0 aliphatic carbocycles. The number of carbonyl (C=O) groups excluding carboxylic acids is 1. The maximum Gasteiger partial charge on any atom is 0.408 e. The Balaban J connectivity index is 2.24. The first-order valence-corrected chi connectivity index (χ1v) is 7.00. The van der Waals surface area contributed by atoms with E-state index in [-0.39, 0.29) is 23.7 Å². The van der Waals surface area contributed by atoms with Gasteiger partial charge in [-0.05, 0) is 20.8 Å². The molecule has 0 aromatic carbocycles. The number of carbonyl (C=O) groups is 2. The summed E-state index contributed by atoms with van der Waals surface area (Å²) in [5.41, 5.74) is 4.31. The Bertz CT molecular complexity index is 833. The van der Waals surface area contributed by atoms with Crippen LogP contribution in [0.1, 0.15) is 20.8 Å². The summed E-state index contributed by atoms with van der Waals surface area (Å²) in [6, 6.07) is -1.31. The largest absolute Gasteiger partial charge is 0.480 e. The standard InChI is InChI=1S/C13H18N6O5/c1-13(2,3)24-12(23)16-6(10(21)22)4-19-5-15-7-8(19)17-11(14)18-9(7)20/h5-6H,4H2,1-3H3,(H,16,23)(H,21,22)(H3,14,17,18,20)/t6-/m0/s1. The first-order chi connectivity index (χ1) is 11.1. The summed E-state index contributed by atoms with van der Waals surface area (Å²) < 4.78 is 6.35. The zero-order chi connectivity index (χ0) is 18.1. The highest BCUT2D eigenvalue weighted by atomic mass is 16.6. The molecule has 11 nitrogen and oxygen atoms in total. The number of amides is 1. The van der Waals surface area contributed by atoms with Crippen molar-refractivity contribution in [2.24, 2.45) is 0 Å². The number of aliphatic carboxylic acids is 1. The third-order valence-electron chi connectivity index (χ3n) is 2.86. The lowest BCUT2D eigenvalue weighted by Gasteiger charge is -2.22. The summed E-state index contributed by atoms with van der Waals surface area (Å²) in [5, 5.41) is 11.5. The van der Waals surface area contributed by atoms with Crippen LogP contribution in [0, 0.1) is 0 Å². The molecule has 0 fully saturated rings. The van der Waals surface area contributed by atoms with Crippen LogP contribution in [-0.2, 0) is 16.1 Å². The highest BCUT2D eigenvalue weighted by molar-refractivity contribution is 5.80. The van der Waals surface area contributed by atoms with Crippen LogP contribution in [0.2, 0.25) is 0 Å². The molecule has 0 spiro atoms. The number of H-pyrrole nitrogens is 1. The molecule has 2 heterocycles. The Morgan fingerprint density at radius 3 is 2.75 bits per heavy atom. The highest BCUT2D eigenvalue weighted by Gasteiger charge is 2.25. The molecule has 0 aliphatic rings. The fourth-order valence-corrected chi connectivity index (χ4v) is 1.94. The molecule has 2 aromatic heterocycles. The maximum atomic E-state index is 11.8. The molecule has 24 heavy (non-hydrogen) atoms. The number of nitrogens with two attached hydrogens (primary N) is 1. The van der Waals surface area contributed by atoms with E-state index in [2.05, 4.69) is 20.3 Å². The average molecular weight is 338 g/mol. The van der Waals surface area contributed by atoms with Crippen molar-refractivity contribution in [1.29, 1.82) is 0 Å². The van der Waals surface area contributed by atoms with Gasteiger partial charge in [-0.15, -0.1) is 0 Å². The Labute approximate surface area is 135 Å². The molecule has 0 radical (unpaired) electrons. The number of nitrogens with zero attached hydrogens (tertiary/aromatic N) is 3. The van der Waals surface area contributed by atoms with Crippen LogP contribution in [0.25, 0.3) is 11.2 Å². The number of carboxylic acid groups (broad SMARTS) is 1. The number of nitrogen functional groups attached to an aromatic ring is 1. The predicted molar refractivity (Wildman–Crippen MR) is 83.4 cm³/mol. The lowest BCUT2D eigenvalue weighted by molar-refractivity contribution is -0.139. The van der Waals surface area contributed by atoms with Gasteiger partial charge in [-0.3, -0.25) is 9.78 Å². The number of aromatic amines is 1. The molecule has 0 unspecified atom stereocenters. The minimum absolute atomic E-state index is 0.0191. The van der Waals surface area contributed by atoms with Crippen LogP contribution in [0.15, 0.2) is 11.1 Å². The second-order valence-corrected chi connectivity index (χ2v) is 6.06. The van der Waals surface area contributed by atoms with E-state index in [1.807, 2.05) is 0 Å². The molecule has 2 rings (SSSR count). The van der Waals surface area contributed by atoms with Gasteiger partial charge in [0, 0.05) is 0 Å². The predicted octanol–water partition coefficient (Wildman–Crippen LogP) is -0.320. The molecule has 130 valence electrons. The number of hydrogen-bond donors (Lipinski definition) is 4. The van der Waals surface area contributed by atoms with Crippen molar-refractivity contribution in [3.63, 3.8) is 0 Å². The van der Waals surface area contributed by atoms with Crippen molar-refractivity contribution in [2.45, 2.75) is 39.0 Å². The minimum Gasteiger partial charge on any atom is -0.480 e. The number of nitrogens with one attached hydrogen (secondary N) is 2. The number of imidazole rings is 1. The molecule has 11 heteroatoms. The Morgan fingerprint density at radius 2 is 2.17 bits per heavy atom. The zero-order valence-electron chi connectivity index (χ0n) is 13.4. The number of aromatic nitrogens is 4. The molecule has 1 atom stereocenters. The van der Waals surface area contributed by atoms with E-state index in [4.69, 9.17) is 10.5 Å². The van der Waals surface area contributed by atoms with E-state index in [9.17, 15) is 19.5 Å². The van der Waals surface area contributed by atoms with E-state index >= 15 is 0 Å². The minimum atomic E-state index is -1.31. The smallest absolute Gasteiger partial charge is 0.408 e. The van der Waals surface area contributed by atoms with Crippen LogP contribution in [0.4, 0.5) is 10.7 Å². The van der Waals surface area contributed by atoms with E-state index in [1.54, 1.807) is 20.8 Å². The van der Waals surface area contributed by atoms with Gasteiger partial charge >= 0.3 is 12.1 Å². The quantitative estimate of drug-likeness (QED) is 0.588. The van der Waals surface area contributed by atoms with E-state index in [1.165, 1.54) is 10.9 Å². The van der Waals surface area contributed by atoms with Gasteiger partial charge in [0.15, 0.2) is 11.2 Å². The molecule has 0 saturated carbocycles. The van der Waals surface area contributed by atoms with Crippen LogP contribution in [0.5, 0.6) is 0 Å². The maximum absolute atomic E-state index is 11.8. The Kier molecular flexibility index (Phi) is 4.44.